The van der Waals surface area contributed by atoms with Gasteiger partial charge in [-0.15, -0.1) is 0 Å². The first-order valence-electron chi connectivity index (χ1n) is 47.7. The van der Waals surface area contributed by atoms with Crippen molar-refractivity contribution in [1.82, 2.24) is 49.8 Å². The zero-order valence-corrected chi connectivity index (χ0v) is 77.9. The number of pyridine rings is 1. The van der Waals surface area contributed by atoms with Crippen LogP contribution in [-0.2, 0) is 28.1 Å². The van der Waals surface area contributed by atoms with Crippen molar-refractivity contribution in [3.8, 4) is 147 Å². The molecule has 0 aliphatic heterocycles. The lowest BCUT2D eigenvalue weighted by Crippen LogP contribution is -2.15. The molecule has 24 aromatic rings. The van der Waals surface area contributed by atoms with Crippen LogP contribution in [0.3, 0.4) is 0 Å². The predicted octanol–water partition coefficient (Wildman–Crippen LogP) is 31.8. The van der Waals surface area contributed by atoms with Gasteiger partial charge in [-0.05, 0) is 196 Å². The van der Waals surface area contributed by atoms with Crippen LogP contribution in [0.1, 0.15) is 106 Å². The smallest absolute Gasteiger partial charge is 0.182 e. The summed E-state index contributed by atoms with van der Waals surface area (Å²) in [4.78, 5) is 49.8. The maximum Gasteiger partial charge on any atom is 0.182 e. The summed E-state index contributed by atoms with van der Waals surface area (Å²) < 4.78 is 20.1. The molecular weight excluding hydrogens is 1700 g/mol. The zero-order valence-electron chi connectivity index (χ0n) is 77.9. The largest absolute Gasteiger partial charge is 0.455 e. The van der Waals surface area contributed by atoms with Crippen molar-refractivity contribution in [3.05, 3.63) is 421 Å². The summed E-state index contributed by atoms with van der Waals surface area (Å²) in [5, 5.41) is 11.3. The van der Waals surface area contributed by atoms with Gasteiger partial charge in [-0.1, -0.05) is 353 Å². The second kappa shape index (κ2) is 31.7. The fourth-order valence-corrected chi connectivity index (χ4v) is 22.3. The minimum absolute atomic E-state index is 0.0996. The van der Waals surface area contributed by atoms with E-state index in [1.165, 1.54) is 100 Å². The summed E-state index contributed by atoms with van der Waals surface area (Å²) in [5.41, 5.74) is 33.6. The fourth-order valence-electron chi connectivity index (χ4n) is 22.3. The van der Waals surface area contributed by atoms with Gasteiger partial charge in [-0.3, -0.25) is 4.98 Å². The first-order valence-corrected chi connectivity index (χ1v) is 47.7. The van der Waals surface area contributed by atoms with E-state index in [-0.39, 0.29) is 21.7 Å². The molecule has 0 atom stereocenters. The lowest BCUT2D eigenvalue weighted by atomic mass is 9.82. The molecule has 4 aliphatic rings. The second-order valence-electron chi connectivity index (χ2n) is 39.3. The van der Waals surface area contributed by atoms with E-state index in [9.17, 15) is 0 Å². The Bertz CT molecular complexity index is 9140. The van der Waals surface area contributed by atoms with Gasteiger partial charge in [0.25, 0.3) is 0 Å². The number of furan rings is 3. The average Bonchev–Trinajstić information content (AvgIpc) is 1.56. The van der Waals surface area contributed by atoms with Crippen LogP contribution < -0.4 is 0 Å². The Balaban J connectivity index is 0.000000108. The van der Waals surface area contributed by atoms with E-state index in [1.54, 1.807) is 6.20 Å². The highest BCUT2D eigenvalue weighted by Crippen LogP contribution is 2.56. The van der Waals surface area contributed by atoms with Gasteiger partial charge in [0.05, 0.1) is 11.1 Å². The minimum atomic E-state index is -0.142. The van der Waals surface area contributed by atoms with Gasteiger partial charge in [0.1, 0.15) is 39.2 Å². The molecule has 17 aromatic carbocycles. The summed E-state index contributed by atoms with van der Waals surface area (Å²) >= 11 is 0. The topological polar surface area (TPSA) is 168 Å². The fraction of sp³-hybridized carbons (Fsp3) is 0.111. The van der Waals surface area contributed by atoms with Crippen molar-refractivity contribution < 1.29 is 13.3 Å². The van der Waals surface area contributed by atoms with Crippen molar-refractivity contribution in [1.29, 1.82) is 0 Å². The van der Waals surface area contributed by atoms with Crippen LogP contribution in [0.25, 0.3) is 234 Å². The average molecular weight is 1790 g/mol. The molecule has 28 rings (SSSR count). The van der Waals surface area contributed by atoms with E-state index in [4.69, 9.17) is 58.1 Å². The maximum atomic E-state index is 6.77. The van der Waals surface area contributed by atoms with Gasteiger partial charge in [-0.2, -0.15) is 0 Å². The van der Waals surface area contributed by atoms with E-state index in [0.717, 1.165) is 133 Å². The third-order valence-corrected chi connectivity index (χ3v) is 29.6. The lowest BCUT2D eigenvalue weighted by molar-refractivity contribution is 0.522. The van der Waals surface area contributed by atoms with Gasteiger partial charge in [-0.25, -0.2) is 44.9 Å². The molecule has 139 heavy (non-hydrogen) atoms. The highest BCUT2D eigenvalue weighted by molar-refractivity contribution is 6.16. The highest BCUT2D eigenvalue weighted by atomic mass is 16.3. The number of fused-ring (bicyclic) bond motifs is 22. The van der Waals surface area contributed by atoms with E-state index in [2.05, 4.69) is 315 Å². The van der Waals surface area contributed by atoms with Gasteiger partial charge in [0, 0.05) is 93.7 Å². The quantitative estimate of drug-likeness (QED) is 0.119. The molecule has 13 nitrogen and oxygen atoms in total. The van der Waals surface area contributed by atoms with E-state index < -0.39 is 0 Å². The molecule has 0 bridgehead atoms. The van der Waals surface area contributed by atoms with Crippen LogP contribution in [0.4, 0.5) is 0 Å². The summed E-state index contributed by atoms with van der Waals surface area (Å²) in [5.74, 6) is 5.48. The Morgan fingerprint density at radius 1 is 0.209 bits per heavy atom. The predicted molar refractivity (Wildman–Crippen MR) is 563 cm³/mol. The Hall–Kier alpha value is -17.2. The molecule has 0 fully saturated rings. The number of aromatic nitrogens is 10. The lowest BCUT2D eigenvalue weighted by Gasteiger charge is -2.21. The van der Waals surface area contributed by atoms with Crippen molar-refractivity contribution in [2.24, 2.45) is 0 Å². The molecule has 7 aromatic heterocycles. The van der Waals surface area contributed by atoms with Crippen LogP contribution in [0, 0.1) is 0 Å². The number of aryl methyl sites for hydroxylation is 1. The SMILES string of the molecule is CC1(C)CCc2cc3oc4c(-c5ccc(-c6nc(-c7ccccc7)nc(-c7ccccc7)n6)cc5)cccc4c3cc21.CC1(C)c2ccccc2-c2cc3oc4c(-c5nc(-c6ccccc6)nc(-c6cc7ccccc7c7ccccc67)n5)cccc4c3cc21.CC1(C)c2ccccc2-c2ccc(-c3nc(-c4ccccn4)nc(-c4cccc5c4oc4cc6c(cc45)C(C)(C)c4ccccc4-6)n3)cc21. The molecule has 0 N–H and O–H groups in total. The number of hydrogen-bond acceptors (Lipinski definition) is 13. The molecule has 0 saturated carbocycles. The number of benzene rings is 17. The molecular formula is C126H90N10O3. The number of nitrogens with zero attached hydrogens (tertiary/aromatic N) is 10. The number of hydrogen-bond donors (Lipinski definition) is 0. The maximum absolute atomic E-state index is 6.77. The standard InChI is InChI=1S/C44H32N4O.C44H29N3O.C38H29N3O/c1-43(2)33-16-7-5-12-26(33)28-20-19-25(22-35(28)43)40-46-41(48-42(47-40)37-18-9-10-21-45-37)30-15-11-14-29-32-23-36-31(24-38(32)49-39(29)30)27-13-6-8-17-34(27)44(36,3)4;1-44(2)37-22-11-10-19-31(37)34-25-39-35(24-38(34)44)32-20-12-21-33(40(32)48-39)42-45-41(26-13-4-3-5-14-26)46-43(47-42)36-23-27-15-6-7-16-28(27)29-17-8-9-18-30(29)36;1-38(2)21-20-28-22-33-31(23-32(28)38)30-15-9-14-29(34(30)42-33)24-16-18-27(19-17-24)37-40-35(25-10-5-3-6-11-25)39-36(41-37)26-12-7-4-8-13-26/h5-24H,1-4H3;3-25H,1-2H3;3-19,22-23H,20-21H2,1-2H3. The van der Waals surface area contributed by atoms with Gasteiger partial charge in [0.15, 0.2) is 52.4 Å². The van der Waals surface area contributed by atoms with Crippen molar-refractivity contribution in [2.75, 3.05) is 0 Å². The molecule has 13 heteroatoms. The summed E-state index contributed by atoms with van der Waals surface area (Å²) in [7, 11) is 0. The first-order chi connectivity index (χ1) is 67.9. The van der Waals surface area contributed by atoms with E-state index >= 15 is 0 Å². The molecule has 7 heterocycles. The van der Waals surface area contributed by atoms with Crippen molar-refractivity contribution >= 4 is 87.4 Å². The van der Waals surface area contributed by atoms with Crippen molar-refractivity contribution in [2.45, 2.75) is 89.9 Å². The number of para-hydroxylation sites is 3. The van der Waals surface area contributed by atoms with Crippen LogP contribution >= 0.6 is 0 Å². The van der Waals surface area contributed by atoms with E-state index in [0.29, 0.717) is 58.1 Å². The van der Waals surface area contributed by atoms with E-state index in [1.807, 2.05) is 115 Å². The molecule has 0 amide bonds. The van der Waals surface area contributed by atoms with Crippen LogP contribution in [-0.4, -0.2) is 49.8 Å². The van der Waals surface area contributed by atoms with Crippen molar-refractivity contribution in [3.63, 3.8) is 0 Å². The molecule has 0 radical (unpaired) electrons. The molecule has 4 aliphatic carbocycles. The molecule has 0 spiro atoms. The third kappa shape index (κ3) is 13.6. The minimum Gasteiger partial charge on any atom is -0.455 e. The molecule has 0 unspecified atom stereocenters. The third-order valence-electron chi connectivity index (χ3n) is 29.6. The molecule has 0 saturated heterocycles. The Labute approximate surface area is 802 Å². The summed E-state index contributed by atoms with van der Waals surface area (Å²) in [6, 6.07) is 129. The normalized spacial score (nSPS) is 14.1. The molecule has 662 valence electrons. The van der Waals surface area contributed by atoms with Gasteiger partial charge < -0.3 is 13.3 Å². The Morgan fingerprint density at radius 2 is 0.561 bits per heavy atom. The summed E-state index contributed by atoms with van der Waals surface area (Å²) in [6.07, 6.45) is 4.07. The number of rotatable bonds is 10. The van der Waals surface area contributed by atoms with Crippen LogP contribution in [0.2, 0.25) is 0 Å². The second-order valence-corrected chi connectivity index (χ2v) is 39.3. The Kier molecular flexibility index (Phi) is 18.8. The highest BCUT2D eigenvalue weighted by Gasteiger charge is 2.40. The first kappa shape index (κ1) is 82.5. The van der Waals surface area contributed by atoms with Crippen LogP contribution in [0.15, 0.2) is 389 Å². The monoisotopic (exact) mass is 1790 g/mol. The summed E-state index contributed by atoms with van der Waals surface area (Å²) in [6.45, 7) is 18.5. The van der Waals surface area contributed by atoms with Crippen LogP contribution in [0.5, 0.6) is 0 Å². The Morgan fingerprint density at radius 3 is 1.08 bits per heavy atom. The zero-order chi connectivity index (χ0) is 93.3. The van der Waals surface area contributed by atoms with Gasteiger partial charge >= 0.3 is 0 Å². The van der Waals surface area contributed by atoms with Gasteiger partial charge in [0.2, 0.25) is 0 Å².